The Kier molecular flexibility index (Phi) is 20.4. The Morgan fingerprint density at radius 2 is 1.29 bits per heavy atom. The van der Waals surface area contributed by atoms with Crippen LogP contribution in [0, 0.1) is 11.8 Å². The number of aliphatic hydroxyl groups excluding tert-OH is 2. The van der Waals surface area contributed by atoms with Crippen molar-refractivity contribution in [1.29, 1.82) is 0 Å². The van der Waals surface area contributed by atoms with Crippen molar-refractivity contribution in [3.63, 3.8) is 0 Å². The van der Waals surface area contributed by atoms with E-state index in [1.54, 1.807) is 0 Å². The number of aldehydes is 1. The summed E-state index contributed by atoms with van der Waals surface area (Å²) < 4.78 is 15.8. The molecule has 0 bridgehead atoms. The summed E-state index contributed by atoms with van der Waals surface area (Å²) in [6, 6.07) is -9.78. The molecule has 0 aliphatic carbocycles. The lowest BCUT2D eigenvalue weighted by atomic mass is 10.0. The highest BCUT2D eigenvalue weighted by molar-refractivity contribution is 7.80. The molecule has 0 radical (unpaired) electrons. The first kappa shape index (κ1) is 45.8. The Morgan fingerprint density at radius 1 is 0.776 bits per heavy atom. The Morgan fingerprint density at radius 3 is 1.73 bits per heavy atom. The third-order valence-corrected chi connectivity index (χ3v) is 7.56. The van der Waals surface area contributed by atoms with Crippen LogP contribution in [0.25, 0.3) is 0 Å². The molecule has 0 spiro atoms. The van der Waals surface area contributed by atoms with Gasteiger partial charge in [0.25, 0.3) is 0 Å². The van der Waals surface area contributed by atoms with Gasteiger partial charge in [-0.1, -0.05) is 27.7 Å². The average molecular weight is 744 g/mol. The lowest BCUT2D eigenvalue weighted by Gasteiger charge is -2.28. The number of thiol groups is 1. The van der Waals surface area contributed by atoms with Crippen LogP contribution in [0.5, 0.6) is 0 Å². The van der Waals surface area contributed by atoms with E-state index in [1.807, 2.05) is 13.8 Å². The Labute approximate surface area is 289 Å². The second-order valence-electron chi connectivity index (χ2n) is 11.9. The van der Waals surface area contributed by atoms with Crippen LogP contribution in [0.15, 0.2) is 0 Å². The van der Waals surface area contributed by atoms with Crippen LogP contribution >= 0.6 is 20.5 Å². The highest BCUT2D eigenvalue weighted by Crippen LogP contribution is 2.35. The van der Waals surface area contributed by atoms with Gasteiger partial charge in [0.05, 0.1) is 25.4 Å². The first-order chi connectivity index (χ1) is 22.6. The maximum Gasteiger partial charge on any atom is 0.469 e. The minimum Gasteiger partial charge on any atom is -0.394 e. The molecule has 0 unspecified atom stereocenters. The Balaban J connectivity index is 5.77. The van der Waals surface area contributed by atoms with Gasteiger partial charge in [-0.2, -0.15) is 12.6 Å². The van der Waals surface area contributed by atoms with E-state index in [-0.39, 0.29) is 12.2 Å². The van der Waals surface area contributed by atoms with E-state index in [2.05, 4.69) is 49.1 Å². The van der Waals surface area contributed by atoms with Gasteiger partial charge in [0, 0.05) is 5.75 Å². The van der Waals surface area contributed by atoms with Crippen LogP contribution < -0.4 is 37.6 Å². The summed E-state index contributed by atoms with van der Waals surface area (Å²) in [6.07, 6.45) is -0.647. The molecule has 8 atom stereocenters. The van der Waals surface area contributed by atoms with Gasteiger partial charge in [0.2, 0.25) is 35.4 Å². The maximum atomic E-state index is 13.2. The van der Waals surface area contributed by atoms with Crippen molar-refractivity contribution in [3.05, 3.63) is 0 Å². The van der Waals surface area contributed by atoms with Gasteiger partial charge in [-0.25, -0.2) is 4.57 Å². The molecule has 0 saturated carbocycles. The van der Waals surface area contributed by atoms with E-state index >= 15 is 0 Å². The molecule has 0 aromatic rings. The smallest absolute Gasteiger partial charge is 0.394 e. The molecular weight excluding hydrogens is 693 g/mol. The predicted molar refractivity (Wildman–Crippen MR) is 176 cm³/mol. The van der Waals surface area contributed by atoms with E-state index in [1.165, 1.54) is 27.7 Å². The summed E-state index contributed by atoms with van der Waals surface area (Å²) in [4.78, 5) is 106. The average Bonchev–Trinajstić information content (AvgIpc) is 2.99. The fourth-order valence-electron chi connectivity index (χ4n) is 3.90. The Bertz CT molecular complexity index is 1200. The first-order valence-corrected chi connectivity index (χ1v) is 17.4. The van der Waals surface area contributed by atoms with Crippen LogP contribution in [0.3, 0.4) is 0 Å². The normalized spacial score (nSPS) is 16.5. The number of hydrogen-bond donors (Lipinski definition) is 12. The van der Waals surface area contributed by atoms with E-state index in [4.69, 9.17) is 15.5 Å². The Hall–Kier alpha value is -3.17. The number of phosphoric acid groups is 1. The van der Waals surface area contributed by atoms with Crippen LogP contribution in [0.4, 0.5) is 0 Å². The third-order valence-electron chi connectivity index (χ3n) is 6.71. The van der Waals surface area contributed by atoms with Gasteiger partial charge in [-0.15, -0.1) is 0 Å². The zero-order valence-electron chi connectivity index (χ0n) is 28.1. The highest BCUT2D eigenvalue weighted by atomic mass is 32.1. The van der Waals surface area contributed by atoms with Gasteiger partial charge < -0.3 is 62.4 Å². The molecule has 0 aromatic heterocycles. The van der Waals surface area contributed by atoms with Gasteiger partial charge in [0.15, 0.2) is 0 Å². The minimum atomic E-state index is -5.19. The number of hydrogen-bond acceptors (Lipinski definition) is 13. The van der Waals surface area contributed by atoms with Crippen LogP contribution in [0.1, 0.15) is 48.0 Å². The highest BCUT2D eigenvalue weighted by Gasteiger charge is 2.34. The lowest BCUT2D eigenvalue weighted by Crippen LogP contribution is -2.61. The van der Waals surface area contributed by atoms with Gasteiger partial charge in [-0.3, -0.25) is 33.3 Å². The number of carbonyl (C=O) groups excluding carboxylic acids is 7. The van der Waals surface area contributed by atoms with Crippen molar-refractivity contribution in [2.75, 3.05) is 19.0 Å². The van der Waals surface area contributed by atoms with E-state index in [9.17, 15) is 48.3 Å². The number of phosphoric ester groups is 1. The molecule has 0 fully saturated rings. The molecule has 0 aromatic carbocycles. The van der Waals surface area contributed by atoms with Crippen LogP contribution in [0.2, 0.25) is 0 Å². The van der Waals surface area contributed by atoms with Crippen molar-refractivity contribution in [2.24, 2.45) is 17.6 Å². The molecule has 22 heteroatoms. The van der Waals surface area contributed by atoms with E-state index in [0.717, 1.165) is 0 Å². The van der Waals surface area contributed by atoms with Gasteiger partial charge in [0.1, 0.15) is 42.5 Å². The van der Waals surface area contributed by atoms with Gasteiger partial charge >= 0.3 is 7.82 Å². The molecule has 282 valence electrons. The number of rotatable bonds is 22. The zero-order valence-corrected chi connectivity index (χ0v) is 29.9. The predicted octanol–water partition coefficient (Wildman–Crippen LogP) is -4.44. The van der Waals surface area contributed by atoms with E-state index < -0.39 is 117 Å². The molecule has 0 saturated heterocycles. The summed E-state index contributed by atoms with van der Waals surface area (Å²) in [5, 5.41) is 32.9. The fourth-order valence-corrected chi connectivity index (χ4v) is 4.50. The molecule has 12 N–H and O–H groups in total. The standard InChI is InChI=1S/C27H50N7O13PS/c1-12(2)7-16(28)23(39)29-14(5)22(38)31-18(9-36)24(40)33-20(11-49)26(42)32-19(10-47-48(44,45)46)25(41)34-21(13(3)4)27(43)30-17(8-35)15(6)37/h8,12-21,36-37,49H,7,9-11,28H2,1-6H3,(H,29,39)(H,30,43)(H,31,38)(H,32,42)(H,33,40)(H,34,41)(H2,44,45,46)/t14-,15+,16-,17+,18-,19-,20-,21-/m0/s1. The molecule has 49 heavy (non-hydrogen) atoms. The van der Waals surface area contributed by atoms with Crippen molar-refractivity contribution >= 4 is 62.2 Å². The molecular formula is C27H50N7O13PS. The number of carbonyl (C=O) groups is 7. The molecule has 0 rings (SSSR count). The largest absolute Gasteiger partial charge is 0.469 e. The van der Waals surface area contributed by atoms with Crippen molar-refractivity contribution in [2.45, 2.75) is 96.4 Å². The monoisotopic (exact) mass is 743 g/mol. The fraction of sp³-hybridized carbons (Fsp3) is 0.741. The number of aliphatic hydroxyl groups is 2. The number of nitrogens with one attached hydrogen (secondary N) is 6. The van der Waals surface area contributed by atoms with Crippen molar-refractivity contribution in [1.82, 2.24) is 31.9 Å². The zero-order chi connectivity index (χ0) is 38.2. The molecule has 0 aliphatic heterocycles. The SMILES string of the molecule is CC(C)C[C@H](N)C(=O)N[C@@H](C)C(=O)N[C@@H](CO)C(=O)N[C@@H](CS)C(=O)N[C@@H](COP(=O)(O)O)C(=O)N[C@H](C(=O)N[C@H](C=O)[C@@H](C)O)C(C)C. The summed E-state index contributed by atoms with van der Waals surface area (Å²) in [7, 11) is -5.19. The van der Waals surface area contributed by atoms with Crippen LogP contribution in [-0.4, -0.2) is 129 Å². The maximum absolute atomic E-state index is 13.2. The van der Waals surface area contributed by atoms with Gasteiger partial charge in [-0.05, 0) is 32.1 Å². The lowest BCUT2D eigenvalue weighted by molar-refractivity contribution is -0.136. The summed E-state index contributed by atoms with van der Waals surface area (Å²) >= 11 is 4.01. The second kappa shape index (κ2) is 21.8. The van der Waals surface area contributed by atoms with E-state index in [0.29, 0.717) is 6.42 Å². The number of nitrogens with two attached hydrogens (primary N) is 1. The first-order valence-electron chi connectivity index (χ1n) is 15.2. The second-order valence-corrected chi connectivity index (χ2v) is 13.5. The van der Waals surface area contributed by atoms with Crippen molar-refractivity contribution in [3.8, 4) is 0 Å². The third kappa shape index (κ3) is 17.4. The quantitative estimate of drug-likeness (QED) is 0.0283. The topological polar surface area (TPSA) is 325 Å². The molecule has 0 heterocycles. The summed E-state index contributed by atoms with van der Waals surface area (Å²) in [6.45, 7) is 7.26. The molecule has 20 nitrogen and oxygen atoms in total. The van der Waals surface area contributed by atoms with Crippen molar-refractivity contribution < 1.29 is 62.7 Å². The summed E-state index contributed by atoms with van der Waals surface area (Å²) in [5.41, 5.74) is 5.81. The summed E-state index contributed by atoms with van der Waals surface area (Å²) in [5.74, 6) is -6.68. The minimum absolute atomic E-state index is 0.106. The molecule has 0 aliphatic rings. The molecule has 6 amide bonds. The number of amides is 6. The van der Waals surface area contributed by atoms with Crippen LogP contribution in [-0.2, 0) is 42.7 Å².